The molecule has 200 valence electrons. The van der Waals surface area contributed by atoms with E-state index in [-0.39, 0.29) is 5.78 Å². The Labute approximate surface area is 246 Å². The third-order valence-electron chi connectivity index (χ3n) is 6.93. The van der Waals surface area contributed by atoms with Gasteiger partial charge in [-0.3, -0.25) is 4.79 Å². The zero-order valence-corrected chi connectivity index (χ0v) is 23.0. The van der Waals surface area contributed by atoms with Crippen LogP contribution in [-0.4, -0.2) is 17.2 Å². The summed E-state index contributed by atoms with van der Waals surface area (Å²) in [5.41, 5.74) is 8.82. The van der Waals surface area contributed by atoms with Gasteiger partial charge in [-0.15, -0.1) is 0 Å². The molecule has 0 saturated heterocycles. The minimum atomic E-state index is -0.00377. The van der Waals surface area contributed by atoms with E-state index in [1.54, 1.807) is 0 Å². The van der Waals surface area contributed by atoms with Crippen LogP contribution in [0.2, 0.25) is 0 Å². The number of ketones is 1. The maximum absolute atomic E-state index is 12.9. The molecular weight excluding hydrogens is 512 g/mol. The summed E-state index contributed by atoms with van der Waals surface area (Å²) >= 11 is 0. The SMILES string of the molecule is O=C(c1ccccc1)c1ccc(N=C(c2ccccc2)c2ccc(N=C(c3ccccc3)c3ccccc3)cc2)cc1. The second-order valence-corrected chi connectivity index (χ2v) is 9.81. The number of hydrogen-bond acceptors (Lipinski definition) is 3. The van der Waals surface area contributed by atoms with Crippen LogP contribution in [-0.2, 0) is 0 Å². The highest BCUT2D eigenvalue weighted by molar-refractivity contribution is 6.15. The van der Waals surface area contributed by atoms with Crippen molar-refractivity contribution in [1.29, 1.82) is 0 Å². The normalized spacial score (nSPS) is 11.1. The van der Waals surface area contributed by atoms with Gasteiger partial charge in [0.25, 0.3) is 0 Å². The molecule has 0 aliphatic carbocycles. The zero-order valence-electron chi connectivity index (χ0n) is 23.0. The Bertz CT molecular complexity index is 1780. The highest BCUT2D eigenvalue weighted by Crippen LogP contribution is 2.23. The quantitative estimate of drug-likeness (QED) is 0.140. The maximum atomic E-state index is 12.9. The van der Waals surface area contributed by atoms with E-state index >= 15 is 0 Å². The molecule has 0 atom stereocenters. The molecule has 0 aliphatic rings. The summed E-state index contributed by atoms with van der Waals surface area (Å²) in [6.07, 6.45) is 0. The van der Waals surface area contributed by atoms with E-state index in [1.807, 2.05) is 121 Å². The zero-order chi connectivity index (χ0) is 28.6. The average Bonchev–Trinajstić information content (AvgIpc) is 3.08. The van der Waals surface area contributed by atoms with Crippen molar-refractivity contribution in [2.24, 2.45) is 9.98 Å². The third-order valence-corrected chi connectivity index (χ3v) is 6.93. The molecule has 0 heterocycles. The predicted octanol–water partition coefficient (Wildman–Crippen LogP) is 9.26. The van der Waals surface area contributed by atoms with Crippen LogP contribution in [0.25, 0.3) is 0 Å². The van der Waals surface area contributed by atoms with Gasteiger partial charge in [0.2, 0.25) is 0 Å². The van der Waals surface area contributed by atoms with Crippen molar-refractivity contribution in [3.63, 3.8) is 0 Å². The van der Waals surface area contributed by atoms with E-state index in [1.165, 1.54) is 0 Å². The van der Waals surface area contributed by atoms with Gasteiger partial charge in [-0.2, -0.15) is 0 Å². The fourth-order valence-corrected chi connectivity index (χ4v) is 4.78. The number of hydrogen-bond donors (Lipinski definition) is 0. The summed E-state index contributed by atoms with van der Waals surface area (Å²) in [4.78, 5) is 22.9. The second kappa shape index (κ2) is 12.7. The summed E-state index contributed by atoms with van der Waals surface area (Å²) in [5.74, 6) is -0.00377. The lowest BCUT2D eigenvalue weighted by Crippen LogP contribution is -2.04. The summed E-state index contributed by atoms with van der Waals surface area (Å²) in [6.45, 7) is 0. The van der Waals surface area contributed by atoms with Gasteiger partial charge in [0, 0.05) is 33.4 Å². The summed E-state index contributed by atoms with van der Waals surface area (Å²) in [6, 6.07) is 55.6. The van der Waals surface area contributed by atoms with Crippen molar-refractivity contribution in [3.05, 3.63) is 203 Å². The van der Waals surface area contributed by atoms with E-state index in [4.69, 9.17) is 9.98 Å². The molecule has 0 radical (unpaired) electrons. The lowest BCUT2D eigenvalue weighted by atomic mass is 10.0. The van der Waals surface area contributed by atoms with Crippen LogP contribution in [0.5, 0.6) is 0 Å². The van der Waals surface area contributed by atoms with Gasteiger partial charge in [-0.25, -0.2) is 9.98 Å². The first-order chi connectivity index (χ1) is 20.7. The minimum absolute atomic E-state index is 0.00377. The van der Waals surface area contributed by atoms with E-state index < -0.39 is 0 Å². The van der Waals surface area contributed by atoms with E-state index in [0.29, 0.717) is 11.1 Å². The van der Waals surface area contributed by atoms with Crippen LogP contribution in [0.4, 0.5) is 11.4 Å². The van der Waals surface area contributed by atoms with E-state index in [9.17, 15) is 4.79 Å². The van der Waals surface area contributed by atoms with Crippen LogP contribution in [0.3, 0.4) is 0 Å². The molecule has 0 fully saturated rings. The molecular formula is C39H28N2O. The first-order valence-electron chi connectivity index (χ1n) is 13.9. The third kappa shape index (κ3) is 6.22. The highest BCUT2D eigenvalue weighted by atomic mass is 16.1. The van der Waals surface area contributed by atoms with Gasteiger partial charge in [0.05, 0.1) is 22.8 Å². The van der Waals surface area contributed by atoms with Crippen LogP contribution in [0.1, 0.15) is 38.2 Å². The first-order valence-corrected chi connectivity index (χ1v) is 13.9. The van der Waals surface area contributed by atoms with Gasteiger partial charge in [-0.1, -0.05) is 133 Å². The van der Waals surface area contributed by atoms with E-state index in [2.05, 4.69) is 48.5 Å². The summed E-state index contributed by atoms with van der Waals surface area (Å²) in [7, 11) is 0. The number of benzene rings is 6. The predicted molar refractivity (Wildman–Crippen MR) is 173 cm³/mol. The molecule has 42 heavy (non-hydrogen) atoms. The Hall–Kier alpha value is -5.67. The van der Waals surface area contributed by atoms with E-state index in [0.717, 1.165) is 45.1 Å². The van der Waals surface area contributed by atoms with Crippen molar-refractivity contribution < 1.29 is 4.79 Å². The van der Waals surface area contributed by atoms with Crippen LogP contribution < -0.4 is 0 Å². The monoisotopic (exact) mass is 540 g/mol. The Morgan fingerprint density at radius 2 is 0.571 bits per heavy atom. The van der Waals surface area contributed by atoms with Crippen molar-refractivity contribution in [1.82, 2.24) is 0 Å². The van der Waals surface area contributed by atoms with Crippen molar-refractivity contribution in [3.8, 4) is 0 Å². The van der Waals surface area contributed by atoms with Crippen molar-refractivity contribution in [2.45, 2.75) is 0 Å². The number of aliphatic imine (C=N–C) groups is 2. The first kappa shape index (κ1) is 26.5. The smallest absolute Gasteiger partial charge is 0.193 e. The van der Waals surface area contributed by atoms with Gasteiger partial charge < -0.3 is 0 Å². The number of carbonyl (C=O) groups is 1. The molecule has 0 N–H and O–H groups in total. The Morgan fingerprint density at radius 1 is 0.310 bits per heavy atom. The fraction of sp³-hybridized carbons (Fsp3) is 0. The molecule has 0 aromatic heterocycles. The second-order valence-electron chi connectivity index (χ2n) is 9.81. The molecule has 3 heteroatoms. The molecule has 3 nitrogen and oxygen atoms in total. The molecule has 6 aromatic carbocycles. The molecule has 0 spiro atoms. The number of carbonyl (C=O) groups excluding carboxylic acids is 1. The molecule has 0 aliphatic heterocycles. The fourth-order valence-electron chi connectivity index (χ4n) is 4.78. The molecule has 0 amide bonds. The number of nitrogens with zero attached hydrogens (tertiary/aromatic N) is 2. The van der Waals surface area contributed by atoms with Crippen molar-refractivity contribution in [2.75, 3.05) is 0 Å². The van der Waals surface area contributed by atoms with Crippen LogP contribution >= 0.6 is 0 Å². The standard InChI is InChI=1S/C39H28N2O/c42-39(33-19-11-4-12-20-33)34-23-27-36(28-24-34)41-38(31-17-9-3-10-18-31)32-21-25-35(26-22-32)40-37(29-13-5-1-6-14-29)30-15-7-2-8-16-30/h1-28H. The van der Waals surface area contributed by atoms with Crippen LogP contribution in [0.15, 0.2) is 180 Å². The topological polar surface area (TPSA) is 41.8 Å². The minimum Gasteiger partial charge on any atom is -0.289 e. The molecule has 0 saturated carbocycles. The Balaban J connectivity index is 1.34. The Kier molecular flexibility index (Phi) is 8.01. The summed E-state index contributed by atoms with van der Waals surface area (Å²) in [5, 5.41) is 0. The average molecular weight is 541 g/mol. The van der Waals surface area contributed by atoms with Gasteiger partial charge >= 0.3 is 0 Å². The molecule has 0 unspecified atom stereocenters. The lowest BCUT2D eigenvalue weighted by molar-refractivity contribution is 0.103. The van der Waals surface area contributed by atoms with Crippen LogP contribution in [0, 0.1) is 0 Å². The van der Waals surface area contributed by atoms with Gasteiger partial charge in [0.1, 0.15) is 0 Å². The highest BCUT2D eigenvalue weighted by Gasteiger charge is 2.11. The molecule has 0 bridgehead atoms. The van der Waals surface area contributed by atoms with Crippen molar-refractivity contribution >= 4 is 28.6 Å². The summed E-state index contributed by atoms with van der Waals surface area (Å²) < 4.78 is 0. The van der Waals surface area contributed by atoms with Gasteiger partial charge in [0.15, 0.2) is 5.78 Å². The maximum Gasteiger partial charge on any atom is 0.193 e. The van der Waals surface area contributed by atoms with Gasteiger partial charge in [-0.05, 0) is 36.4 Å². The number of rotatable bonds is 8. The lowest BCUT2D eigenvalue weighted by Gasteiger charge is -2.10. The Morgan fingerprint density at radius 3 is 0.929 bits per heavy atom. The molecule has 6 aromatic rings. The largest absolute Gasteiger partial charge is 0.289 e. The molecule has 6 rings (SSSR count).